The van der Waals surface area contributed by atoms with Crippen LogP contribution in [0.5, 0.6) is 0 Å². The van der Waals surface area contributed by atoms with Crippen molar-refractivity contribution in [1.82, 2.24) is 0 Å². The highest BCUT2D eigenvalue weighted by atomic mass is 32.2. The fraction of sp³-hybridized carbons (Fsp3) is 0.345. The lowest BCUT2D eigenvalue weighted by Crippen LogP contribution is -2.59. The molecule has 35 heavy (non-hydrogen) atoms. The summed E-state index contributed by atoms with van der Waals surface area (Å²) in [7, 11) is 0. The van der Waals surface area contributed by atoms with Crippen molar-refractivity contribution >= 4 is 17.7 Å². The molecule has 3 aromatic carbocycles. The minimum atomic E-state index is -0.636. The number of esters is 1. The van der Waals surface area contributed by atoms with Crippen LogP contribution in [0.15, 0.2) is 91.0 Å². The number of rotatable bonds is 10. The molecule has 0 unspecified atom stereocenters. The van der Waals surface area contributed by atoms with E-state index < -0.39 is 24.3 Å². The van der Waals surface area contributed by atoms with Gasteiger partial charge in [0.25, 0.3) is 0 Å². The van der Waals surface area contributed by atoms with Gasteiger partial charge in [-0.1, -0.05) is 85.8 Å². The normalized spacial score (nSPS) is 24.1. The molecule has 0 N–H and O–H groups in total. The molecule has 0 spiro atoms. The molecule has 184 valence electrons. The van der Waals surface area contributed by atoms with Crippen LogP contribution >= 0.6 is 11.8 Å². The molecule has 0 aromatic heterocycles. The van der Waals surface area contributed by atoms with E-state index in [1.54, 1.807) is 23.9 Å². The molecule has 6 heteroatoms. The van der Waals surface area contributed by atoms with Gasteiger partial charge >= 0.3 is 5.97 Å². The Bertz CT molecular complexity index is 1030. The van der Waals surface area contributed by atoms with Gasteiger partial charge in [-0.2, -0.15) is 0 Å². The lowest BCUT2D eigenvalue weighted by Gasteiger charge is -2.44. The third kappa shape index (κ3) is 6.95. The van der Waals surface area contributed by atoms with Crippen molar-refractivity contribution in [3.8, 4) is 0 Å². The Morgan fingerprint density at radius 1 is 0.771 bits per heavy atom. The van der Waals surface area contributed by atoms with E-state index in [0.29, 0.717) is 18.8 Å². The topological polar surface area (TPSA) is 54.0 Å². The Kier molecular flexibility index (Phi) is 9.37. The van der Waals surface area contributed by atoms with Crippen molar-refractivity contribution in [3.05, 3.63) is 108 Å². The van der Waals surface area contributed by atoms with E-state index in [4.69, 9.17) is 18.9 Å². The standard InChI is InChI=1S/C29H32O5S/c1-3-35-29-27(32-20-23-15-9-5-10-16-23)26(34-28(30)24-17-11-6-12-18-24)25(21(2)33-29)31-19-22-13-7-4-8-14-22/h4-18,21,25-27,29H,3,19-20H2,1-2H3/t21-,25+,26+,27-,29+/m0/s1. The fourth-order valence-corrected chi connectivity index (χ4v) is 5.12. The zero-order chi connectivity index (χ0) is 24.5. The fourth-order valence-electron chi connectivity index (χ4n) is 4.11. The lowest BCUT2D eigenvalue weighted by molar-refractivity contribution is -0.226. The molecule has 1 aliphatic rings. The van der Waals surface area contributed by atoms with Crippen LogP contribution in [0.25, 0.3) is 0 Å². The highest BCUT2D eigenvalue weighted by Crippen LogP contribution is 2.35. The second kappa shape index (κ2) is 12.9. The number of carbonyl (C=O) groups excluding carboxylic acids is 1. The number of carbonyl (C=O) groups is 1. The predicted octanol–water partition coefficient (Wildman–Crippen LogP) is 5.88. The molecule has 1 heterocycles. The molecule has 1 saturated heterocycles. The number of hydrogen-bond acceptors (Lipinski definition) is 6. The molecule has 0 amide bonds. The minimum absolute atomic E-state index is 0.284. The van der Waals surface area contributed by atoms with Gasteiger partial charge < -0.3 is 18.9 Å². The molecule has 0 saturated carbocycles. The Hall–Kier alpha value is -2.64. The first kappa shape index (κ1) is 25.5. The van der Waals surface area contributed by atoms with Gasteiger partial charge in [-0.25, -0.2) is 4.79 Å². The van der Waals surface area contributed by atoms with Crippen LogP contribution in [0, 0.1) is 0 Å². The highest BCUT2D eigenvalue weighted by molar-refractivity contribution is 7.99. The Labute approximate surface area is 211 Å². The third-order valence-electron chi connectivity index (χ3n) is 5.88. The molecule has 0 aliphatic carbocycles. The molecule has 3 aromatic rings. The molecule has 1 fully saturated rings. The molecule has 5 nitrogen and oxygen atoms in total. The maximum Gasteiger partial charge on any atom is 0.338 e. The number of benzene rings is 3. The summed E-state index contributed by atoms with van der Waals surface area (Å²) >= 11 is 1.65. The first-order valence-electron chi connectivity index (χ1n) is 12.0. The molecule has 0 radical (unpaired) electrons. The third-order valence-corrected chi connectivity index (χ3v) is 6.92. The smallest absolute Gasteiger partial charge is 0.338 e. The molecule has 0 bridgehead atoms. The first-order valence-corrected chi connectivity index (χ1v) is 13.0. The van der Waals surface area contributed by atoms with E-state index in [1.165, 1.54) is 0 Å². The largest absolute Gasteiger partial charge is 0.453 e. The van der Waals surface area contributed by atoms with Crippen LogP contribution in [-0.2, 0) is 32.2 Å². The van der Waals surface area contributed by atoms with Gasteiger partial charge in [0.15, 0.2) is 6.10 Å². The molecular formula is C29H32O5S. The van der Waals surface area contributed by atoms with E-state index in [-0.39, 0.29) is 11.5 Å². The van der Waals surface area contributed by atoms with Gasteiger partial charge in [-0.15, -0.1) is 11.8 Å². The number of thioether (sulfide) groups is 1. The highest BCUT2D eigenvalue weighted by Gasteiger charge is 2.48. The van der Waals surface area contributed by atoms with Crippen molar-refractivity contribution in [2.45, 2.75) is 56.9 Å². The first-order chi connectivity index (χ1) is 17.2. The van der Waals surface area contributed by atoms with Crippen LogP contribution in [0.3, 0.4) is 0 Å². The predicted molar refractivity (Wildman–Crippen MR) is 138 cm³/mol. The van der Waals surface area contributed by atoms with Crippen molar-refractivity contribution in [2.75, 3.05) is 5.75 Å². The molecule has 1 aliphatic heterocycles. The Morgan fingerprint density at radius 2 is 1.29 bits per heavy atom. The van der Waals surface area contributed by atoms with Crippen molar-refractivity contribution < 1.29 is 23.7 Å². The molecular weight excluding hydrogens is 460 g/mol. The van der Waals surface area contributed by atoms with Crippen LogP contribution in [-0.4, -0.2) is 41.6 Å². The number of hydrogen-bond donors (Lipinski definition) is 0. The zero-order valence-corrected chi connectivity index (χ0v) is 20.9. The summed E-state index contributed by atoms with van der Waals surface area (Å²) in [5, 5.41) is 0. The van der Waals surface area contributed by atoms with Gasteiger partial charge in [0.2, 0.25) is 0 Å². The monoisotopic (exact) mass is 492 g/mol. The Morgan fingerprint density at radius 3 is 1.83 bits per heavy atom. The number of ether oxygens (including phenoxy) is 4. The zero-order valence-electron chi connectivity index (χ0n) is 20.1. The van der Waals surface area contributed by atoms with Crippen molar-refractivity contribution in [2.24, 2.45) is 0 Å². The second-order valence-electron chi connectivity index (χ2n) is 8.42. The lowest BCUT2D eigenvalue weighted by atomic mass is 9.99. The Balaban J connectivity index is 1.59. The SMILES string of the molecule is CCS[C@H]1O[C@@H](C)[C@@H](OCc2ccccc2)[C@@H](OC(=O)c2ccccc2)[C@@H]1OCc1ccccc1. The van der Waals surface area contributed by atoms with Crippen LogP contribution in [0.1, 0.15) is 35.3 Å². The maximum absolute atomic E-state index is 13.1. The summed E-state index contributed by atoms with van der Waals surface area (Å²) in [4.78, 5) is 13.1. The summed E-state index contributed by atoms with van der Waals surface area (Å²) in [6.45, 7) is 4.82. The summed E-state index contributed by atoms with van der Waals surface area (Å²) < 4.78 is 25.3. The van der Waals surface area contributed by atoms with Crippen molar-refractivity contribution in [1.29, 1.82) is 0 Å². The van der Waals surface area contributed by atoms with Gasteiger partial charge in [0.1, 0.15) is 17.6 Å². The van der Waals surface area contributed by atoms with E-state index >= 15 is 0 Å². The summed E-state index contributed by atoms with van der Waals surface area (Å²) in [5.74, 6) is 0.448. The average molecular weight is 493 g/mol. The van der Waals surface area contributed by atoms with Gasteiger partial charge in [-0.05, 0) is 35.9 Å². The van der Waals surface area contributed by atoms with Gasteiger partial charge in [0, 0.05) is 0 Å². The molecule has 5 atom stereocenters. The minimum Gasteiger partial charge on any atom is -0.453 e. The summed E-state index contributed by atoms with van der Waals surface area (Å²) in [5.41, 5.74) is 2.29. The van der Waals surface area contributed by atoms with Crippen LogP contribution < -0.4 is 0 Å². The van der Waals surface area contributed by atoms with E-state index in [1.807, 2.05) is 85.8 Å². The van der Waals surface area contributed by atoms with Crippen molar-refractivity contribution in [3.63, 3.8) is 0 Å². The van der Waals surface area contributed by atoms with E-state index in [2.05, 4.69) is 6.92 Å². The summed E-state index contributed by atoms with van der Waals surface area (Å²) in [6.07, 6.45) is -1.90. The molecule has 4 rings (SSSR count). The van der Waals surface area contributed by atoms with Gasteiger partial charge in [0.05, 0.1) is 24.9 Å². The average Bonchev–Trinajstić information content (AvgIpc) is 2.90. The second-order valence-corrected chi connectivity index (χ2v) is 9.80. The van der Waals surface area contributed by atoms with Gasteiger partial charge in [-0.3, -0.25) is 0 Å². The van der Waals surface area contributed by atoms with E-state index in [0.717, 1.165) is 16.9 Å². The van der Waals surface area contributed by atoms with E-state index in [9.17, 15) is 4.79 Å². The quantitative estimate of drug-likeness (QED) is 0.330. The maximum atomic E-state index is 13.1. The summed E-state index contributed by atoms with van der Waals surface area (Å²) in [6, 6.07) is 29.0. The van der Waals surface area contributed by atoms with Crippen LogP contribution in [0.2, 0.25) is 0 Å². The van der Waals surface area contributed by atoms with Crippen LogP contribution in [0.4, 0.5) is 0 Å².